The topological polar surface area (TPSA) is 20.2 Å². The minimum absolute atomic E-state index is 0.179. The quantitative estimate of drug-likeness (QED) is 0.594. The molecule has 100 valence electrons. The molecule has 2 heteroatoms. The van der Waals surface area contributed by atoms with Crippen LogP contribution in [0.15, 0.2) is 42.5 Å². The molecule has 20 heavy (non-hydrogen) atoms. The number of aryl methyl sites for hydroxylation is 1. The van der Waals surface area contributed by atoms with Crippen molar-refractivity contribution in [1.29, 1.82) is 0 Å². The first-order valence-electron chi connectivity index (χ1n) is 7.06. The van der Waals surface area contributed by atoms with Gasteiger partial charge in [0.15, 0.2) is 0 Å². The number of aliphatic hydroxyl groups excluding tert-OH is 1. The van der Waals surface area contributed by atoms with Gasteiger partial charge in [-0.2, -0.15) is 0 Å². The molecule has 3 aromatic rings. The van der Waals surface area contributed by atoms with Gasteiger partial charge in [-0.1, -0.05) is 36.4 Å². The summed E-state index contributed by atoms with van der Waals surface area (Å²) in [7, 11) is 0. The normalized spacial score (nSPS) is 18.4. The third-order valence-corrected chi connectivity index (χ3v) is 4.40. The van der Waals surface area contributed by atoms with Gasteiger partial charge in [-0.3, -0.25) is 0 Å². The van der Waals surface area contributed by atoms with E-state index in [1.807, 2.05) is 36.4 Å². The minimum Gasteiger partial charge on any atom is -0.388 e. The van der Waals surface area contributed by atoms with Crippen LogP contribution in [0, 0.1) is 5.82 Å². The SMILES string of the molecule is OC1CCCc2c1ccc1c2cc(F)c2ccccc21. The van der Waals surface area contributed by atoms with E-state index >= 15 is 0 Å². The summed E-state index contributed by atoms with van der Waals surface area (Å²) in [5.41, 5.74) is 2.09. The van der Waals surface area contributed by atoms with Gasteiger partial charge in [0.25, 0.3) is 0 Å². The van der Waals surface area contributed by atoms with E-state index in [-0.39, 0.29) is 5.82 Å². The van der Waals surface area contributed by atoms with Crippen LogP contribution in [0.4, 0.5) is 4.39 Å². The Balaban J connectivity index is 2.17. The highest BCUT2D eigenvalue weighted by atomic mass is 19.1. The Kier molecular flexibility index (Phi) is 2.54. The molecule has 0 aliphatic heterocycles. The lowest BCUT2D eigenvalue weighted by molar-refractivity contribution is 0.157. The van der Waals surface area contributed by atoms with Crippen molar-refractivity contribution in [2.75, 3.05) is 0 Å². The number of rotatable bonds is 0. The predicted octanol–water partition coefficient (Wildman–Crippen LogP) is 4.50. The van der Waals surface area contributed by atoms with Gasteiger partial charge < -0.3 is 5.11 Å². The Labute approximate surface area is 116 Å². The Morgan fingerprint density at radius 1 is 0.950 bits per heavy atom. The van der Waals surface area contributed by atoms with Crippen LogP contribution in [-0.4, -0.2) is 5.11 Å². The second-order valence-electron chi connectivity index (χ2n) is 5.54. The minimum atomic E-state index is -0.405. The van der Waals surface area contributed by atoms with Crippen LogP contribution in [0.3, 0.4) is 0 Å². The zero-order chi connectivity index (χ0) is 13.7. The molecule has 1 unspecified atom stereocenters. The van der Waals surface area contributed by atoms with Crippen molar-refractivity contribution < 1.29 is 9.50 Å². The lowest BCUT2D eigenvalue weighted by Crippen LogP contribution is -2.09. The van der Waals surface area contributed by atoms with Crippen molar-refractivity contribution in [2.45, 2.75) is 25.4 Å². The van der Waals surface area contributed by atoms with Crippen LogP contribution in [0.25, 0.3) is 21.5 Å². The van der Waals surface area contributed by atoms with Crippen molar-refractivity contribution in [3.8, 4) is 0 Å². The number of hydrogen-bond donors (Lipinski definition) is 1. The van der Waals surface area contributed by atoms with Gasteiger partial charge in [0.1, 0.15) is 5.82 Å². The fourth-order valence-electron chi connectivity index (χ4n) is 3.43. The molecule has 1 atom stereocenters. The average Bonchev–Trinajstić information content (AvgIpc) is 2.48. The molecule has 0 radical (unpaired) electrons. The number of aliphatic hydroxyl groups is 1. The lowest BCUT2D eigenvalue weighted by atomic mass is 9.85. The summed E-state index contributed by atoms with van der Waals surface area (Å²) < 4.78 is 14.3. The van der Waals surface area contributed by atoms with Crippen molar-refractivity contribution in [3.63, 3.8) is 0 Å². The monoisotopic (exact) mass is 266 g/mol. The Morgan fingerprint density at radius 3 is 2.55 bits per heavy atom. The summed E-state index contributed by atoms with van der Waals surface area (Å²) in [5.74, 6) is -0.179. The first kappa shape index (κ1) is 11.9. The second-order valence-corrected chi connectivity index (χ2v) is 5.54. The molecular weight excluding hydrogens is 251 g/mol. The molecular formula is C18H15FO. The van der Waals surface area contributed by atoms with Gasteiger partial charge >= 0.3 is 0 Å². The number of halogens is 1. The number of benzene rings is 3. The molecule has 3 aromatic carbocycles. The third kappa shape index (κ3) is 1.58. The highest BCUT2D eigenvalue weighted by molar-refractivity contribution is 6.09. The molecule has 0 aromatic heterocycles. The predicted molar refractivity (Wildman–Crippen MR) is 79.3 cm³/mol. The summed E-state index contributed by atoms with van der Waals surface area (Å²) in [4.78, 5) is 0. The van der Waals surface area contributed by atoms with Crippen LogP contribution in [-0.2, 0) is 6.42 Å². The zero-order valence-electron chi connectivity index (χ0n) is 11.1. The standard InChI is InChI=1S/C18H15FO/c19-17-10-16-12-6-3-7-18(20)15(12)9-8-13(16)11-4-1-2-5-14(11)17/h1-2,4-5,8-10,18,20H,3,6-7H2. The molecule has 0 bridgehead atoms. The van der Waals surface area contributed by atoms with E-state index in [2.05, 4.69) is 0 Å². The Bertz CT molecular complexity index is 822. The smallest absolute Gasteiger partial charge is 0.131 e. The van der Waals surface area contributed by atoms with Crippen molar-refractivity contribution >= 4 is 21.5 Å². The molecule has 0 heterocycles. The molecule has 0 saturated carbocycles. The van der Waals surface area contributed by atoms with E-state index in [0.29, 0.717) is 5.39 Å². The van der Waals surface area contributed by atoms with Crippen LogP contribution >= 0.6 is 0 Å². The summed E-state index contributed by atoms with van der Waals surface area (Å²) >= 11 is 0. The van der Waals surface area contributed by atoms with Crippen LogP contribution < -0.4 is 0 Å². The summed E-state index contributed by atoms with van der Waals surface area (Å²) in [5, 5.41) is 13.8. The van der Waals surface area contributed by atoms with Gasteiger partial charge in [-0.05, 0) is 52.6 Å². The molecule has 0 fully saturated rings. The third-order valence-electron chi connectivity index (χ3n) is 4.40. The first-order chi connectivity index (χ1) is 9.75. The van der Waals surface area contributed by atoms with E-state index in [9.17, 15) is 9.50 Å². The van der Waals surface area contributed by atoms with E-state index in [0.717, 1.165) is 46.5 Å². The molecule has 1 aliphatic rings. The van der Waals surface area contributed by atoms with E-state index in [1.165, 1.54) is 0 Å². The van der Waals surface area contributed by atoms with Gasteiger partial charge in [0.2, 0.25) is 0 Å². The average molecular weight is 266 g/mol. The van der Waals surface area contributed by atoms with Crippen LogP contribution in [0.1, 0.15) is 30.1 Å². The van der Waals surface area contributed by atoms with E-state index < -0.39 is 6.10 Å². The fraction of sp³-hybridized carbons (Fsp3) is 0.222. The lowest BCUT2D eigenvalue weighted by Gasteiger charge is -2.23. The zero-order valence-corrected chi connectivity index (χ0v) is 11.1. The molecule has 1 N–H and O–H groups in total. The van der Waals surface area contributed by atoms with Crippen molar-refractivity contribution in [3.05, 3.63) is 59.4 Å². The maximum absolute atomic E-state index is 14.3. The summed E-state index contributed by atoms with van der Waals surface area (Å²) in [6, 6.07) is 13.2. The number of fused-ring (bicyclic) bond motifs is 5. The second kappa shape index (κ2) is 4.29. The maximum Gasteiger partial charge on any atom is 0.131 e. The molecule has 0 saturated heterocycles. The van der Waals surface area contributed by atoms with Gasteiger partial charge in [0.05, 0.1) is 6.10 Å². The maximum atomic E-state index is 14.3. The van der Waals surface area contributed by atoms with Crippen molar-refractivity contribution in [1.82, 2.24) is 0 Å². The van der Waals surface area contributed by atoms with Gasteiger partial charge in [-0.25, -0.2) is 4.39 Å². The highest BCUT2D eigenvalue weighted by Gasteiger charge is 2.20. The Hall–Kier alpha value is -1.93. The van der Waals surface area contributed by atoms with E-state index in [4.69, 9.17) is 0 Å². The molecule has 1 nitrogen and oxygen atoms in total. The molecule has 0 spiro atoms. The van der Waals surface area contributed by atoms with Crippen LogP contribution in [0.5, 0.6) is 0 Å². The molecule has 1 aliphatic carbocycles. The largest absolute Gasteiger partial charge is 0.388 e. The highest BCUT2D eigenvalue weighted by Crippen LogP contribution is 2.37. The Morgan fingerprint density at radius 2 is 1.70 bits per heavy atom. The fourth-order valence-corrected chi connectivity index (χ4v) is 3.43. The summed E-state index contributed by atoms with van der Waals surface area (Å²) in [6.45, 7) is 0. The summed E-state index contributed by atoms with van der Waals surface area (Å²) in [6.07, 6.45) is 2.27. The van der Waals surface area contributed by atoms with Gasteiger partial charge in [0, 0.05) is 5.39 Å². The van der Waals surface area contributed by atoms with Gasteiger partial charge in [-0.15, -0.1) is 0 Å². The first-order valence-corrected chi connectivity index (χ1v) is 7.06. The number of hydrogen-bond acceptors (Lipinski definition) is 1. The molecule has 4 rings (SSSR count). The van der Waals surface area contributed by atoms with Crippen molar-refractivity contribution in [2.24, 2.45) is 0 Å². The van der Waals surface area contributed by atoms with E-state index in [1.54, 1.807) is 6.07 Å². The van der Waals surface area contributed by atoms with Crippen LogP contribution in [0.2, 0.25) is 0 Å². The molecule has 0 amide bonds.